The van der Waals surface area contributed by atoms with E-state index in [0.717, 1.165) is 12.6 Å². The van der Waals surface area contributed by atoms with E-state index in [1.807, 2.05) is 20.8 Å². The molecule has 0 aliphatic carbocycles. The highest BCUT2D eigenvalue weighted by atomic mass is 16.7. The molecule has 2 N–H and O–H groups in total. The van der Waals surface area contributed by atoms with Crippen LogP contribution in [0.2, 0.25) is 0 Å². The molecule has 1 aromatic rings. The van der Waals surface area contributed by atoms with Gasteiger partial charge in [0.25, 0.3) is 0 Å². The molecule has 0 atom stereocenters. The summed E-state index contributed by atoms with van der Waals surface area (Å²) in [7, 11) is 1.30. The molecular weight excluding hydrogens is 264 g/mol. The molecule has 20 heavy (non-hydrogen) atoms. The highest BCUT2D eigenvalue weighted by Crippen LogP contribution is 2.18. The van der Waals surface area contributed by atoms with Crippen molar-refractivity contribution in [3.8, 4) is 5.75 Å². The molecule has 1 rings (SSSR count). The molecule has 0 bridgehead atoms. The third-order valence-corrected chi connectivity index (χ3v) is 2.81. The number of rotatable bonds is 6. The van der Waals surface area contributed by atoms with Crippen LogP contribution < -0.4 is 10.2 Å². The van der Waals surface area contributed by atoms with Gasteiger partial charge >= 0.3 is 11.9 Å². The van der Waals surface area contributed by atoms with Gasteiger partial charge in [0.2, 0.25) is 0 Å². The number of carboxylic acid groups (broad SMARTS) is 1. The Bertz CT molecular complexity index is 513. The Morgan fingerprint density at radius 2 is 2.10 bits per heavy atom. The summed E-state index contributed by atoms with van der Waals surface area (Å²) in [4.78, 5) is 31.3. The second-order valence-corrected chi connectivity index (χ2v) is 4.81. The number of methoxy groups -OCH3 is 1. The van der Waals surface area contributed by atoms with Crippen LogP contribution in [-0.4, -0.2) is 34.7 Å². The zero-order chi connectivity index (χ0) is 15.3. The topological polar surface area (TPSA) is 97.8 Å². The van der Waals surface area contributed by atoms with Gasteiger partial charge in [-0.05, 0) is 26.3 Å². The first-order chi connectivity index (χ1) is 9.30. The first-order valence-corrected chi connectivity index (χ1v) is 6.06. The van der Waals surface area contributed by atoms with Crippen molar-refractivity contribution in [1.82, 2.24) is 10.5 Å². The van der Waals surface area contributed by atoms with E-state index in [-0.39, 0.29) is 22.5 Å². The van der Waals surface area contributed by atoms with Gasteiger partial charge in [-0.3, -0.25) is 0 Å². The van der Waals surface area contributed by atoms with Gasteiger partial charge in [-0.25, -0.2) is 14.6 Å². The van der Waals surface area contributed by atoms with Gasteiger partial charge in [0.1, 0.15) is 0 Å². The number of ether oxygens (including phenoxy) is 1. The van der Waals surface area contributed by atoms with Crippen molar-refractivity contribution in [3.63, 3.8) is 0 Å². The van der Waals surface area contributed by atoms with Gasteiger partial charge in [0.15, 0.2) is 11.4 Å². The number of hydrogen-bond donors (Lipinski definition) is 2. The van der Waals surface area contributed by atoms with Gasteiger partial charge in [-0.1, -0.05) is 6.92 Å². The average molecular weight is 282 g/mol. The van der Waals surface area contributed by atoms with E-state index < -0.39 is 11.9 Å². The van der Waals surface area contributed by atoms with Gasteiger partial charge in [-0.15, -0.1) is 5.48 Å². The van der Waals surface area contributed by atoms with Crippen molar-refractivity contribution >= 4 is 11.9 Å². The highest BCUT2D eigenvalue weighted by molar-refractivity contribution is 5.93. The van der Waals surface area contributed by atoms with Crippen LogP contribution in [0.3, 0.4) is 0 Å². The molecule has 0 unspecified atom stereocenters. The first-order valence-electron chi connectivity index (χ1n) is 6.06. The maximum Gasteiger partial charge on any atom is 0.358 e. The summed E-state index contributed by atoms with van der Waals surface area (Å²) in [5, 5.41) is 8.90. The van der Waals surface area contributed by atoms with Crippen LogP contribution in [0, 0.1) is 0 Å². The minimum absolute atomic E-state index is 0.00158. The zero-order valence-electron chi connectivity index (χ0n) is 11.9. The number of aromatic carboxylic acids is 1. The van der Waals surface area contributed by atoms with Crippen molar-refractivity contribution in [2.45, 2.75) is 32.7 Å². The predicted molar refractivity (Wildman–Crippen MR) is 70.7 cm³/mol. The van der Waals surface area contributed by atoms with Crippen molar-refractivity contribution in [1.29, 1.82) is 0 Å². The van der Waals surface area contributed by atoms with Crippen LogP contribution in [-0.2, 0) is 4.84 Å². The molecule has 0 radical (unpaired) electrons. The van der Waals surface area contributed by atoms with Crippen LogP contribution in [0.25, 0.3) is 0 Å². The van der Waals surface area contributed by atoms with Crippen LogP contribution in [0.1, 0.15) is 48.0 Å². The molecule has 7 heteroatoms. The third kappa shape index (κ3) is 3.92. The van der Waals surface area contributed by atoms with E-state index >= 15 is 0 Å². The molecule has 0 saturated heterocycles. The Morgan fingerprint density at radius 3 is 2.60 bits per heavy atom. The van der Waals surface area contributed by atoms with Crippen molar-refractivity contribution in [3.05, 3.63) is 23.5 Å². The number of hydroxylamine groups is 1. The fourth-order valence-electron chi connectivity index (χ4n) is 1.19. The Kier molecular flexibility index (Phi) is 5.04. The lowest BCUT2D eigenvalue weighted by Gasteiger charge is -2.22. The molecule has 0 aliphatic rings. The van der Waals surface area contributed by atoms with Crippen LogP contribution in [0.4, 0.5) is 0 Å². The lowest BCUT2D eigenvalue weighted by Crippen LogP contribution is -2.40. The summed E-state index contributed by atoms with van der Waals surface area (Å²) in [6.45, 7) is 5.71. The summed E-state index contributed by atoms with van der Waals surface area (Å²) in [5.74, 6) is -1.89. The minimum Gasteiger partial charge on any atom is -0.494 e. The predicted octanol–water partition coefficient (Wildman–Crippen LogP) is 1.64. The number of nitrogens with zero attached hydrogens (tertiary/aromatic N) is 1. The number of pyridine rings is 1. The largest absolute Gasteiger partial charge is 0.494 e. The fourth-order valence-corrected chi connectivity index (χ4v) is 1.19. The molecule has 0 saturated carbocycles. The Balaban J connectivity index is 2.87. The number of carboxylic acids is 1. The maximum atomic E-state index is 11.8. The molecule has 0 aliphatic heterocycles. The number of carbonyl (C=O) groups is 2. The lowest BCUT2D eigenvalue weighted by atomic mass is 10.0. The van der Waals surface area contributed by atoms with E-state index in [4.69, 9.17) is 14.7 Å². The molecule has 1 heterocycles. The van der Waals surface area contributed by atoms with E-state index in [0.29, 0.717) is 0 Å². The standard InChI is InChI=1S/C13H18N2O5/c1-5-13(2,3)15-20-12(18)8-6-9(19-4)10(11(16)17)14-7-8/h6-7,15H,5H2,1-4H3,(H,16,17). The number of hydrogen-bond acceptors (Lipinski definition) is 6. The number of nitrogens with one attached hydrogen (secondary N) is 1. The van der Waals surface area contributed by atoms with Crippen LogP contribution in [0.5, 0.6) is 5.75 Å². The molecule has 1 aromatic heterocycles. The molecule has 0 amide bonds. The zero-order valence-corrected chi connectivity index (χ0v) is 11.9. The maximum absolute atomic E-state index is 11.8. The van der Waals surface area contributed by atoms with E-state index in [2.05, 4.69) is 10.5 Å². The summed E-state index contributed by atoms with van der Waals surface area (Å²) in [5.41, 5.74) is 2.14. The normalized spacial score (nSPS) is 11.0. The molecule has 7 nitrogen and oxygen atoms in total. The van der Waals surface area contributed by atoms with Crippen LogP contribution >= 0.6 is 0 Å². The lowest BCUT2D eigenvalue weighted by molar-refractivity contribution is 0.000542. The number of aromatic nitrogens is 1. The summed E-state index contributed by atoms with van der Waals surface area (Å²) in [6, 6.07) is 1.28. The second-order valence-electron chi connectivity index (χ2n) is 4.81. The molecule has 0 fully saturated rings. The van der Waals surface area contributed by atoms with Gasteiger partial charge in [0, 0.05) is 11.7 Å². The summed E-state index contributed by atoms with van der Waals surface area (Å²) in [6.07, 6.45) is 1.90. The Morgan fingerprint density at radius 1 is 1.45 bits per heavy atom. The highest BCUT2D eigenvalue weighted by Gasteiger charge is 2.20. The average Bonchev–Trinajstić information content (AvgIpc) is 2.43. The first kappa shape index (κ1) is 15.9. The quantitative estimate of drug-likeness (QED) is 0.765. The van der Waals surface area contributed by atoms with Gasteiger partial charge < -0.3 is 14.7 Å². The van der Waals surface area contributed by atoms with Crippen molar-refractivity contribution < 1.29 is 24.3 Å². The Hall–Kier alpha value is -2.15. The summed E-state index contributed by atoms with van der Waals surface area (Å²) >= 11 is 0. The smallest absolute Gasteiger partial charge is 0.358 e. The van der Waals surface area contributed by atoms with Gasteiger partial charge in [-0.2, -0.15) is 0 Å². The minimum atomic E-state index is -1.23. The fraction of sp³-hybridized carbons (Fsp3) is 0.462. The van der Waals surface area contributed by atoms with Crippen molar-refractivity contribution in [2.24, 2.45) is 0 Å². The molecular formula is C13H18N2O5. The second kappa shape index (κ2) is 6.33. The molecule has 0 spiro atoms. The Labute approximate surface area is 116 Å². The van der Waals surface area contributed by atoms with E-state index in [1.54, 1.807) is 0 Å². The third-order valence-electron chi connectivity index (χ3n) is 2.81. The molecule has 0 aromatic carbocycles. The SMILES string of the molecule is CCC(C)(C)NOC(=O)c1cnc(C(=O)O)c(OC)c1. The number of carbonyl (C=O) groups excluding carboxylic acids is 1. The van der Waals surface area contributed by atoms with Gasteiger partial charge in [0.05, 0.1) is 12.7 Å². The summed E-state index contributed by atoms with van der Waals surface area (Å²) < 4.78 is 4.89. The van der Waals surface area contributed by atoms with E-state index in [9.17, 15) is 9.59 Å². The molecule has 110 valence electrons. The van der Waals surface area contributed by atoms with Crippen molar-refractivity contribution in [2.75, 3.05) is 7.11 Å². The monoisotopic (exact) mass is 282 g/mol. The van der Waals surface area contributed by atoms with E-state index in [1.165, 1.54) is 13.2 Å². The van der Waals surface area contributed by atoms with Crippen LogP contribution in [0.15, 0.2) is 12.3 Å².